The van der Waals surface area contributed by atoms with Crippen LogP contribution < -0.4 is 5.32 Å². The summed E-state index contributed by atoms with van der Waals surface area (Å²) in [5.74, 6) is -0.504. The average Bonchev–Trinajstić information content (AvgIpc) is 3.20. The highest BCUT2D eigenvalue weighted by Gasteiger charge is 2.09. The quantitative estimate of drug-likeness (QED) is 0.428. The first kappa shape index (κ1) is 20.0. The molecular formula is C21H19ClN2O3S. The summed E-state index contributed by atoms with van der Waals surface area (Å²) in [7, 11) is 0. The summed E-state index contributed by atoms with van der Waals surface area (Å²) in [5.41, 5.74) is 2.31. The van der Waals surface area contributed by atoms with Crippen molar-refractivity contribution in [2.45, 2.75) is 19.4 Å². The zero-order valence-electron chi connectivity index (χ0n) is 15.1. The lowest BCUT2D eigenvalue weighted by Crippen LogP contribution is -2.24. The van der Waals surface area contributed by atoms with Crippen molar-refractivity contribution in [3.05, 3.63) is 76.3 Å². The van der Waals surface area contributed by atoms with Crippen molar-refractivity contribution in [2.75, 3.05) is 6.54 Å². The number of nitrogens with one attached hydrogen (secondary N) is 1. The Morgan fingerprint density at radius 2 is 1.82 bits per heavy atom. The SMILES string of the molecule is O=C(CCCNC(=O)c1ccc(Cl)cc1)OCc1csc(-c2ccccc2)n1. The summed E-state index contributed by atoms with van der Waals surface area (Å²) in [6.45, 7) is 0.546. The number of carbonyl (C=O) groups is 2. The number of ether oxygens (including phenoxy) is 1. The molecule has 1 heterocycles. The third kappa shape index (κ3) is 5.90. The molecule has 0 fully saturated rings. The van der Waals surface area contributed by atoms with Gasteiger partial charge in [0.2, 0.25) is 0 Å². The van der Waals surface area contributed by atoms with E-state index in [0.29, 0.717) is 23.6 Å². The van der Waals surface area contributed by atoms with E-state index >= 15 is 0 Å². The Bertz CT molecular complexity index is 926. The van der Waals surface area contributed by atoms with Gasteiger partial charge in [-0.25, -0.2) is 4.98 Å². The predicted molar refractivity (Wildman–Crippen MR) is 110 cm³/mol. The van der Waals surface area contributed by atoms with Crippen LogP contribution in [0.2, 0.25) is 5.02 Å². The topological polar surface area (TPSA) is 68.3 Å². The molecule has 0 radical (unpaired) electrons. The summed E-state index contributed by atoms with van der Waals surface area (Å²) < 4.78 is 5.26. The predicted octanol–water partition coefficient (Wildman–Crippen LogP) is 4.72. The second kappa shape index (κ2) is 10.0. The molecule has 2 aromatic carbocycles. The first-order valence-electron chi connectivity index (χ1n) is 8.81. The third-order valence-electron chi connectivity index (χ3n) is 3.90. The van der Waals surface area contributed by atoms with Crippen LogP contribution in [-0.2, 0) is 16.1 Å². The number of thiazole rings is 1. The molecule has 0 spiro atoms. The van der Waals surface area contributed by atoms with Crippen molar-refractivity contribution in [2.24, 2.45) is 0 Å². The maximum Gasteiger partial charge on any atom is 0.306 e. The molecule has 0 atom stereocenters. The molecule has 0 saturated heterocycles. The number of rotatable bonds is 8. The minimum Gasteiger partial charge on any atom is -0.459 e. The van der Waals surface area contributed by atoms with Gasteiger partial charge in [0, 0.05) is 34.5 Å². The van der Waals surface area contributed by atoms with Crippen LogP contribution in [0.5, 0.6) is 0 Å². The van der Waals surface area contributed by atoms with Gasteiger partial charge in [-0.2, -0.15) is 0 Å². The lowest BCUT2D eigenvalue weighted by atomic mass is 10.2. The van der Waals surface area contributed by atoms with Crippen LogP contribution in [-0.4, -0.2) is 23.4 Å². The van der Waals surface area contributed by atoms with Crippen LogP contribution in [0.3, 0.4) is 0 Å². The van der Waals surface area contributed by atoms with Gasteiger partial charge >= 0.3 is 5.97 Å². The first-order valence-corrected chi connectivity index (χ1v) is 10.1. The molecule has 3 aromatic rings. The molecule has 0 aliphatic carbocycles. The molecule has 0 unspecified atom stereocenters. The highest BCUT2D eigenvalue weighted by Crippen LogP contribution is 2.23. The molecule has 0 aliphatic heterocycles. The molecule has 1 amide bonds. The van der Waals surface area contributed by atoms with E-state index in [1.54, 1.807) is 24.3 Å². The molecule has 1 N–H and O–H groups in total. The van der Waals surface area contributed by atoms with Gasteiger partial charge in [-0.1, -0.05) is 41.9 Å². The Balaban J connectivity index is 1.35. The van der Waals surface area contributed by atoms with E-state index < -0.39 is 0 Å². The minimum absolute atomic E-state index is 0.152. The summed E-state index contributed by atoms with van der Waals surface area (Å²) in [6, 6.07) is 16.5. The summed E-state index contributed by atoms with van der Waals surface area (Å²) in [4.78, 5) is 28.3. The molecule has 0 saturated carbocycles. The van der Waals surface area contributed by atoms with Gasteiger partial charge in [0.25, 0.3) is 5.91 Å². The summed E-state index contributed by atoms with van der Waals surface area (Å²) in [5, 5.41) is 6.14. The molecule has 28 heavy (non-hydrogen) atoms. The Morgan fingerprint density at radius 1 is 1.07 bits per heavy atom. The standard InChI is InChI=1S/C21H19ClN2O3S/c22-17-10-8-15(9-11-17)20(26)23-12-4-7-19(25)27-13-18-14-28-21(24-18)16-5-2-1-3-6-16/h1-3,5-6,8-11,14H,4,7,12-13H2,(H,23,26). The summed E-state index contributed by atoms with van der Waals surface area (Å²) in [6.07, 6.45) is 0.737. The maximum atomic E-state index is 12.0. The first-order chi connectivity index (χ1) is 13.6. The highest BCUT2D eigenvalue weighted by atomic mass is 35.5. The van der Waals surface area contributed by atoms with Crippen molar-refractivity contribution in [3.63, 3.8) is 0 Å². The van der Waals surface area contributed by atoms with E-state index in [1.165, 1.54) is 11.3 Å². The number of carbonyl (C=O) groups excluding carboxylic acids is 2. The molecule has 3 rings (SSSR count). The van der Waals surface area contributed by atoms with Crippen LogP contribution in [0.25, 0.3) is 10.6 Å². The van der Waals surface area contributed by atoms with Gasteiger partial charge in [0.15, 0.2) is 0 Å². The van der Waals surface area contributed by atoms with Gasteiger partial charge in [-0.3, -0.25) is 9.59 Å². The van der Waals surface area contributed by atoms with Gasteiger partial charge < -0.3 is 10.1 Å². The Kier molecular flexibility index (Phi) is 7.17. The van der Waals surface area contributed by atoms with Gasteiger partial charge in [-0.15, -0.1) is 11.3 Å². The van der Waals surface area contributed by atoms with Crippen LogP contribution >= 0.6 is 22.9 Å². The number of amides is 1. The molecule has 0 aliphatic rings. The Labute approximate surface area is 172 Å². The smallest absolute Gasteiger partial charge is 0.306 e. The maximum absolute atomic E-state index is 12.0. The van der Waals surface area contributed by atoms with Crippen molar-refractivity contribution in [3.8, 4) is 10.6 Å². The van der Waals surface area contributed by atoms with Gasteiger partial charge in [0.1, 0.15) is 11.6 Å². The Morgan fingerprint density at radius 3 is 2.57 bits per heavy atom. The number of hydrogen-bond donors (Lipinski definition) is 1. The van der Waals surface area contributed by atoms with Crippen LogP contribution in [0.15, 0.2) is 60.0 Å². The van der Waals surface area contributed by atoms with E-state index in [1.807, 2.05) is 35.7 Å². The fraction of sp³-hybridized carbons (Fsp3) is 0.190. The van der Waals surface area contributed by atoms with E-state index in [4.69, 9.17) is 16.3 Å². The highest BCUT2D eigenvalue weighted by molar-refractivity contribution is 7.13. The zero-order chi connectivity index (χ0) is 19.8. The third-order valence-corrected chi connectivity index (χ3v) is 5.10. The largest absolute Gasteiger partial charge is 0.459 e. The minimum atomic E-state index is -0.310. The normalized spacial score (nSPS) is 10.5. The number of halogens is 1. The van der Waals surface area contributed by atoms with Crippen molar-refractivity contribution in [1.82, 2.24) is 10.3 Å². The second-order valence-electron chi connectivity index (χ2n) is 6.04. The van der Waals surface area contributed by atoms with Gasteiger partial charge in [-0.05, 0) is 30.7 Å². The molecule has 1 aromatic heterocycles. The lowest BCUT2D eigenvalue weighted by Gasteiger charge is -2.06. The van der Waals surface area contributed by atoms with E-state index in [-0.39, 0.29) is 24.9 Å². The van der Waals surface area contributed by atoms with E-state index in [9.17, 15) is 9.59 Å². The average molecular weight is 415 g/mol. The number of nitrogens with zero attached hydrogens (tertiary/aromatic N) is 1. The summed E-state index contributed by atoms with van der Waals surface area (Å²) >= 11 is 7.32. The van der Waals surface area contributed by atoms with Crippen LogP contribution in [0.1, 0.15) is 28.9 Å². The van der Waals surface area contributed by atoms with Crippen molar-refractivity contribution >= 4 is 34.8 Å². The lowest BCUT2D eigenvalue weighted by molar-refractivity contribution is -0.145. The number of benzene rings is 2. The molecule has 0 bridgehead atoms. The zero-order valence-corrected chi connectivity index (χ0v) is 16.6. The number of aromatic nitrogens is 1. The van der Waals surface area contributed by atoms with Gasteiger partial charge in [0.05, 0.1) is 5.69 Å². The van der Waals surface area contributed by atoms with E-state index in [2.05, 4.69) is 10.3 Å². The fourth-order valence-electron chi connectivity index (χ4n) is 2.45. The Hall–Kier alpha value is -2.70. The monoisotopic (exact) mass is 414 g/mol. The van der Waals surface area contributed by atoms with Crippen molar-refractivity contribution < 1.29 is 14.3 Å². The second-order valence-corrected chi connectivity index (χ2v) is 7.33. The van der Waals surface area contributed by atoms with E-state index in [0.717, 1.165) is 16.3 Å². The fourth-order valence-corrected chi connectivity index (χ4v) is 3.39. The van der Waals surface area contributed by atoms with Crippen LogP contribution in [0, 0.1) is 0 Å². The number of esters is 1. The van der Waals surface area contributed by atoms with Crippen molar-refractivity contribution in [1.29, 1.82) is 0 Å². The molecule has 144 valence electrons. The molecule has 7 heteroatoms. The van der Waals surface area contributed by atoms with Crippen LogP contribution in [0.4, 0.5) is 0 Å². The molecule has 5 nitrogen and oxygen atoms in total. The number of hydrogen-bond acceptors (Lipinski definition) is 5. The molecular weight excluding hydrogens is 396 g/mol.